The van der Waals surface area contributed by atoms with Gasteiger partial charge in [-0.1, -0.05) is 31.4 Å². The molecular weight excluding hydrogens is 396 g/mol. The van der Waals surface area contributed by atoms with Crippen molar-refractivity contribution in [3.63, 3.8) is 0 Å². The molecule has 0 saturated carbocycles. The summed E-state index contributed by atoms with van der Waals surface area (Å²) in [5.74, 6) is -0.0905. The molecule has 9 nitrogen and oxygen atoms in total. The number of aromatic nitrogens is 4. The van der Waals surface area contributed by atoms with Crippen LogP contribution in [0.3, 0.4) is 0 Å². The van der Waals surface area contributed by atoms with E-state index >= 15 is 0 Å². The normalized spacial score (nSPS) is 15.5. The molecular formula is C22H26N6O3. The van der Waals surface area contributed by atoms with Crippen molar-refractivity contribution in [3.8, 4) is 0 Å². The maximum Gasteiger partial charge on any atom is 0.261 e. The first-order valence-electron chi connectivity index (χ1n) is 10.6. The number of anilines is 1. The van der Waals surface area contributed by atoms with E-state index in [-0.39, 0.29) is 17.9 Å². The number of carbonyl (C=O) groups excluding carboxylic acids is 2. The predicted molar refractivity (Wildman–Crippen MR) is 115 cm³/mol. The fraction of sp³-hybridized carbons (Fsp3) is 0.409. The molecule has 1 aliphatic rings. The highest BCUT2D eigenvalue weighted by atomic mass is 16.3. The number of imidazole rings is 1. The summed E-state index contributed by atoms with van der Waals surface area (Å²) in [6, 6.07) is 6.77. The van der Waals surface area contributed by atoms with Crippen LogP contribution in [-0.4, -0.2) is 54.0 Å². The predicted octanol–water partition coefficient (Wildman–Crippen LogP) is 2.58. The fourth-order valence-electron chi connectivity index (χ4n) is 4.14. The van der Waals surface area contributed by atoms with Crippen LogP contribution in [0.5, 0.6) is 0 Å². The molecule has 1 aliphatic heterocycles. The Morgan fingerprint density at radius 3 is 2.35 bits per heavy atom. The number of fused-ring (bicyclic) bond motifs is 2. The largest absolute Gasteiger partial charge is 0.391 e. The van der Waals surface area contributed by atoms with Gasteiger partial charge < -0.3 is 15.4 Å². The molecule has 0 spiro atoms. The lowest BCUT2D eigenvalue weighted by atomic mass is 10.0. The van der Waals surface area contributed by atoms with Gasteiger partial charge in [0.2, 0.25) is 0 Å². The Morgan fingerprint density at radius 2 is 1.68 bits per heavy atom. The first kappa shape index (κ1) is 20.9. The smallest absolute Gasteiger partial charge is 0.261 e. The molecule has 2 amide bonds. The van der Waals surface area contributed by atoms with Crippen molar-refractivity contribution in [1.29, 1.82) is 0 Å². The van der Waals surface area contributed by atoms with Gasteiger partial charge in [0.1, 0.15) is 11.8 Å². The molecule has 31 heavy (non-hydrogen) atoms. The molecule has 1 aromatic carbocycles. The molecule has 0 fully saturated rings. The average Bonchev–Trinajstić information content (AvgIpc) is 3.29. The Kier molecular flexibility index (Phi) is 5.94. The van der Waals surface area contributed by atoms with E-state index in [1.807, 2.05) is 4.57 Å². The van der Waals surface area contributed by atoms with E-state index in [0.717, 1.165) is 32.1 Å². The minimum absolute atomic E-state index is 0.171. The lowest BCUT2D eigenvalue weighted by Gasteiger charge is -2.22. The molecule has 9 heteroatoms. The molecule has 0 aliphatic carbocycles. The van der Waals surface area contributed by atoms with Crippen LogP contribution in [0.2, 0.25) is 0 Å². The second kappa shape index (κ2) is 8.81. The number of hydrogen-bond donors (Lipinski definition) is 2. The number of rotatable bonds is 9. The number of unbranched alkanes of at least 4 members (excludes halogenated alkanes) is 3. The minimum Gasteiger partial charge on any atom is -0.391 e. The molecule has 0 radical (unpaired) electrons. The molecule has 2 unspecified atom stereocenters. The Labute approximate surface area is 179 Å². The average molecular weight is 422 g/mol. The molecule has 3 heterocycles. The second-order valence-corrected chi connectivity index (χ2v) is 7.90. The van der Waals surface area contributed by atoms with Crippen LogP contribution in [0.1, 0.15) is 65.8 Å². The number of carbonyl (C=O) groups is 2. The third-order valence-electron chi connectivity index (χ3n) is 5.81. The van der Waals surface area contributed by atoms with Crippen molar-refractivity contribution in [2.24, 2.45) is 0 Å². The zero-order valence-electron chi connectivity index (χ0n) is 17.4. The van der Waals surface area contributed by atoms with Gasteiger partial charge in [-0.3, -0.25) is 14.5 Å². The molecule has 3 aromatic rings. The quantitative estimate of drug-likeness (QED) is 0.401. The lowest BCUT2D eigenvalue weighted by molar-refractivity contribution is 0.0651. The summed E-state index contributed by atoms with van der Waals surface area (Å²) in [5.41, 5.74) is 7.99. The SMILES string of the molecule is CC(O)C(CCCCCCN1C(=O)c2ccccc2C1=O)n1cnc2c(N)ncnc21. The zero-order chi connectivity index (χ0) is 22.0. The van der Waals surface area contributed by atoms with E-state index in [0.29, 0.717) is 34.7 Å². The summed E-state index contributed by atoms with van der Waals surface area (Å²) >= 11 is 0. The number of nitrogens with zero attached hydrogens (tertiary/aromatic N) is 5. The van der Waals surface area contributed by atoms with E-state index in [9.17, 15) is 14.7 Å². The van der Waals surface area contributed by atoms with Crippen molar-refractivity contribution in [1.82, 2.24) is 24.4 Å². The summed E-state index contributed by atoms with van der Waals surface area (Å²) in [5, 5.41) is 10.3. The van der Waals surface area contributed by atoms with Crippen LogP contribution in [-0.2, 0) is 0 Å². The summed E-state index contributed by atoms with van der Waals surface area (Å²) in [6.07, 6.45) is 6.67. The number of nitrogens with two attached hydrogens (primary N) is 1. The molecule has 3 N–H and O–H groups in total. The molecule has 162 valence electrons. The molecule has 0 bridgehead atoms. The van der Waals surface area contributed by atoms with E-state index < -0.39 is 6.10 Å². The van der Waals surface area contributed by atoms with Crippen LogP contribution in [0.4, 0.5) is 5.82 Å². The highest BCUT2D eigenvalue weighted by Gasteiger charge is 2.34. The van der Waals surface area contributed by atoms with Gasteiger partial charge in [-0.25, -0.2) is 15.0 Å². The number of amides is 2. The highest BCUT2D eigenvalue weighted by molar-refractivity contribution is 6.21. The Balaban J connectivity index is 1.28. The third-order valence-corrected chi connectivity index (χ3v) is 5.81. The van der Waals surface area contributed by atoms with Gasteiger partial charge in [0.25, 0.3) is 11.8 Å². The number of benzene rings is 1. The Hall–Kier alpha value is -3.33. The Bertz CT molecular complexity index is 1070. The standard InChI is InChI=1S/C22H26N6O3/c1-14(29)17(28-13-26-18-19(23)24-12-25-20(18)28)10-4-2-3-7-11-27-21(30)15-8-5-6-9-16(15)22(27)31/h5-6,8-9,12-14,17,29H,2-4,7,10-11H2,1H3,(H2,23,24,25). The topological polar surface area (TPSA) is 127 Å². The first-order valence-corrected chi connectivity index (χ1v) is 10.6. The zero-order valence-corrected chi connectivity index (χ0v) is 17.4. The maximum absolute atomic E-state index is 12.4. The number of aliphatic hydroxyl groups is 1. The van der Waals surface area contributed by atoms with Gasteiger partial charge >= 0.3 is 0 Å². The lowest BCUT2D eigenvalue weighted by Crippen LogP contribution is -2.30. The molecule has 0 saturated heterocycles. The van der Waals surface area contributed by atoms with Gasteiger partial charge in [0, 0.05) is 6.54 Å². The van der Waals surface area contributed by atoms with E-state index in [1.165, 1.54) is 11.2 Å². The third kappa shape index (κ3) is 4.00. The number of hydrogen-bond acceptors (Lipinski definition) is 7. The van der Waals surface area contributed by atoms with Crippen molar-refractivity contribution in [3.05, 3.63) is 48.0 Å². The second-order valence-electron chi connectivity index (χ2n) is 7.90. The molecule has 2 aromatic heterocycles. The fourth-order valence-corrected chi connectivity index (χ4v) is 4.14. The van der Waals surface area contributed by atoms with Gasteiger partial charge in [-0.05, 0) is 31.9 Å². The first-order chi connectivity index (χ1) is 15.0. The van der Waals surface area contributed by atoms with Crippen molar-refractivity contribution >= 4 is 28.8 Å². The summed E-state index contributed by atoms with van der Waals surface area (Å²) in [7, 11) is 0. The summed E-state index contributed by atoms with van der Waals surface area (Å²) < 4.78 is 1.86. The van der Waals surface area contributed by atoms with Crippen molar-refractivity contribution in [2.45, 2.75) is 51.2 Å². The maximum atomic E-state index is 12.4. The minimum atomic E-state index is -0.577. The number of nitrogen functional groups attached to an aromatic ring is 1. The van der Waals surface area contributed by atoms with Gasteiger partial charge in [0.15, 0.2) is 11.5 Å². The van der Waals surface area contributed by atoms with Gasteiger partial charge in [-0.15, -0.1) is 0 Å². The highest BCUT2D eigenvalue weighted by Crippen LogP contribution is 2.26. The number of aliphatic hydroxyl groups excluding tert-OH is 1. The van der Waals surface area contributed by atoms with Gasteiger partial charge in [-0.2, -0.15) is 0 Å². The van der Waals surface area contributed by atoms with Crippen LogP contribution in [0, 0.1) is 0 Å². The molecule has 4 rings (SSSR count). The number of imide groups is 1. The molecule has 2 atom stereocenters. The van der Waals surface area contributed by atoms with Gasteiger partial charge in [0.05, 0.1) is 29.6 Å². The van der Waals surface area contributed by atoms with E-state index in [1.54, 1.807) is 37.5 Å². The Morgan fingerprint density at radius 1 is 1.00 bits per heavy atom. The van der Waals surface area contributed by atoms with E-state index in [4.69, 9.17) is 5.73 Å². The van der Waals surface area contributed by atoms with Crippen molar-refractivity contribution in [2.75, 3.05) is 12.3 Å². The van der Waals surface area contributed by atoms with Crippen molar-refractivity contribution < 1.29 is 14.7 Å². The van der Waals surface area contributed by atoms with E-state index in [2.05, 4.69) is 15.0 Å². The van der Waals surface area contributed by atoms with Crippen LogP contribution in [0.25, 0.3) is 11.2 Å². The van der Waals surface area contributed by atoms with Crippen LogP contribution < -0.4 is 5.73 Å². The summed E-state index contributed by atoms with van der Waals surface area (Å²) in [6.45, 7) is 2.18. The summed E-state index contributed by atoms with van der Waals surface area (Å²) in [4.78, 5) is 38.7. The van der Waals surface area contributed by atoms with Crippen LogP contribution >= 0.6 is 0 Å². The monoisotopic (exact) mass is 422 g/mol. The van der Waals surface area contributed by atoms with Crippen LogP contribution in [0.15, 0.2) is 36.9 Å².